The van der Waals surface area contributed by atoms with Crippen molar-refractivity contribution in [2.45, 2.75) is 33.6 Å². The van der Waals surface area contributed by atoms with Crippen LogP contribution in [-0.2, 0) is 6.42 Å². The van der Waals surface area contributed by atoms with Gasteiger partial charge in [-0.3, -0.25) is 4.79 Å². The first-order valence-corrected chi connectivity index (χ1v) is 5.76. The van der Waals surface area contributed by atoms with Crippen LogP contribution >= 0.6 is 0 Å². The van der Waals surface area contributed by atoms with Crippen LogP contribution in [0, 0.1) is 0 Å². The Balaban J connectivity index is 0.000000437. The summed E-state index contributed by atoms with van der Waals surface area (Å²) in [6.07, 6.45) is 3.32. The maximum absolute atomic E-state index is 11.4. The van der Waals surface area contributed by atoms with E-state index in [-0.39, 0.29) is 5.56 Å². The number of fused-ring (bicyclic) bond motifs is 1. The third-order valence-electron chi connectivity index (χ3n) is 2.04. The minimum Gasteiger partial charge on any atom is -0.397 e. The van der Waals surface area contributed by atoms with Gasteiger partial charge in [-0.1, -0.05) is 27.2 Å². The second kappa shape index (κ2) is 5.98. The molecule has 2 aromatic rings. The second-order valence-corrected chi connectivity index (χ2v) is 3.69. The molecule has 0 spiro atoms. The highest BCUT2D eigenvalue weighted by Gasteiger charge is 2.05. The zero-order valence-corrected chi connectivity index (χ0v) is 10.4. The number of aryl methyl sites for hydroxylation is 1. The van der Waals surface area contributed by atoms with Crippen LogP contribution < -0.4 is 11.3 Å². The molecule has 0 radical (unpaired) electrons. The molecule has 5 heteroatoms. The number of aromatic amines is 1. The summed E-state index contributed by atoms with van der Waals surface area (Å²) in [4.78, 5) is 22.0. The van der Waals surface area contributed by atoms with Crippen molar-refractivity contribution in [2.75, 3.05) is 5.73 Å². The van der Waals surface area contributed by atoms with E-state index >= 15 is 0 Å². The molecule has 17 heavy (non-hydrogen) atoms. The lowest BCUT2D eigenvalue weighted by atomic mass is 10.2. The summed E-state index contributed by atoms with van der Waals surface area (Å²) >= 11 is 0. The summed E-state index contributed by atoms with van der Waals surface area (Å²) in [5.74, 6) is 0. The van der Waals surface area contributed by atoms with E-state index in [4.69, 9.17) is 5.73 Å². The molecule has 0 bridgehead atoms. The lowest BCUT2D eigenvalue weighted by molar-refractivity contribution is 1.04. The van der Waals surface area contributed by atoms with Gasteiger partial charge in [0.15, 0.2) is 5.52 Å². The molecule has 0 aliphatic carbocycles. The molecule has 0 atom stereocenters. The van der Waals surface area contributed by atoms with Crippen molar-refractivity contribution >= 4 is 16.7 Å². The number of nitrogens with zero attached hydrogens (tertiary/aromatic N) is 2. The average molecular weight is 234 g/mol. The number of hydrogen-bond acceptors (Lipinski definition) is 4. The second-order valence-electron chi connectivity index (χ2n) is 3.69. The fourth-order valence-corrected chi connectivity index (χ4v) is 1.31. The fraction of sp³-hybridized carbons (Fsp3) is 0.417. The highest BCUT2D eigenvalue weighted by atomic mass is 16.1. The lowest BCUT2D eigenvalue weighted by Gasteiger charge is -2.02. The Morgan fingerprint density at radius 3 is 2.53 bits per heavy atom. The maximum Gasteiger partial charge on any atom is 0.277 e. The molecule has 92 valence electrons. The Morgan fingerprint density at radius 1 is 1.29 bits per heavy atom. The summed E-state index contributed by atoms with van der Waals surface area (Å²) < 4.78 is 0. The molecule has 2 rings (SSSR count). The predicted molar refractivity (Wildman–Crippen MR) is 69.9 cm³/mol. The molecule has 0 fully saturated rings. The highest BCUT2D eigenvalue weighted by Crippen LogP contribution is 2.14. The SMILES string of the molecule is CCC.CCc1cc(N)c2nc[nH]c(=O)c2n1. The molecule has 0 amide bonds. The van der Waals surface area contributed by atoms with Crippen LogP contribution in [0.25, 0.3) is 11.0 Å². The van der Waals surface area contributed by atoms with Gasteiger partial charge in [0.2, 0.25) is 0 Å². The Hall–Kier alpha value is -1.91. The molecule has 0 aliphatic rings. The van der Waals surface area contributed by atoms with Gasteiger partial charge in [-0.05, 0) is 12.5 Å². The van der Waals surface area contributed by atoms with Crippen LogP contribution in [0.5, 0.6) is 0 Å². The summed E-state index contributed by atoms with van der Waals surface area (Å²) in [7, 11) is 0. The molecule has 5 nitrogen and oxygen atoms in total. The molecular formula is C12H18N4O. The smallest absolute Gasteiger partial charge is 0.277 e. The number of aromatic nitrogens is 3. The Morgan fingerprint density at radius 2 is 1.94 bits per heavy atom. The van der Waals surface area contributed by atoms with Crippen molar-refractivity contribution in [1.29, 1.82) is 0 Å². The van der Waals surface area contributed by atoms with Crippen LogP contribution in [0.1, 0.15) is 32.9 Å². The highest BCUT2D eigenvalue weighted by molar-refractivity contribution is 5.85. The third kappa shape index (κ3) is 3.03. The van der Waals surface area contributed by atoms with Crippen molar-refractivity contribution in [3.8, 4) is 0 Å². The molecule has 0 saturated heterocycles. The molecule has 0 unspecified atom stereocenters. The molecule has 2 heterocycles. The largest absolute Gasteiger partial charge is 0.397 e. The van der Waals surface area contributed by atoms with E-state index in [1.807, 2.05) is 6.92 Å². The normalized spacial score (nSPS) is 9.82. The Labute approximate surface area is 100 Å². The van der Waals surface area contributed by atoms with Crippen molar-refractivity contribution in [2.24, 2.45) is 0 Å². The molecular weight excluding hydrogens is 216 g/mol. The first kappa shape index (κ1) is 13.2. The molecule has 2 aromatic heterocycles. The average Bonchev–Trinajstić information content (AvgIpc) is 2.31. The van der Waals surface area contributed by atoms with Crippen LogP contribution in [0.2, 0.25) is 0 Å². The van der Waals surface area contributed by atoms with Gasteiger partial charge in [0.1, 0.15) is 5.52 Å². The van der Waals surface area contributed by atoms with Gasteiger partial charge in [0, 0.05) is 5.69 Å². The van der Waals surface area contributed by atoms with Gasteiger partial charge in [0.05, 0.1) is 12.0 Å². The third-order valence-corrected chi connectivity index (χ3v) is 2.04. The Bertz CT molecular complexity index is 548. The van der Waals surface area contributed by atoms with E-state index in [0.29, 0.717) is 16.7 Å². The maximum atomic E-state index is 11.4. The van der Waals surface area contributed by atoms with Gasteiger partial charge in [-0.2, -0.15) is 0 Å². The van der Waals surface area contributed by atoms with Crippen molar-refractivity contribution in [1.82, 2.24) is 15.0 Å². The number of nitrogens with one attached hydrogen (secondary N) is 1. The zero-order chi connectivity index (χ0) is 12.8. The van der Waals surface area contributed by atoms with E-state index in [1.54, 1.807) is 6.07 Å². The number of pyridine rings is 1. The molecule has 0 saturated carbocycles. The summed E-state index contributed by atoms with van der Waals surface area (Å²) in [5.41, 5.74) is 7.56. The van der Waals surface area contributed by atoms with E-state index in [2.05, 4.69) is 28.8 Å². The van der Waals surface area contributed by atoms with E-state index < -0.39 is 0 Å². The van der Waals surface area contributed by atoms with Crippen LogP contribution in [0.4, 0.5) is 5.69 Å². The standard InChI is InChI=1S/C9H10N4O.C3H8/c1-2-5-3-6(10)7-8(13-5)9(14)12-4-11-7;1-3-2/h3-4H,2H2,1H3,(H2,10,13)(H,11,12,14);3H2,1-2H3. The summed E-state index contributed by atoms with van der Waals surface area (Å²) in [6, 6.07) is 1.74. The van der Waals surface area contributed by atoms with Crippen LogP contribution in [0.15, 0.2) is 17.2 Å². The first-order chi connectivity index (χ1) is 8.13. The number of nitrogen functional groups attached to an aromatic ring is 1. The van der Waals surface area contributed by atoms with Crippen LogP contribution in [0.3, 0.4) is 0 Å². The van der Waals surface area contributed by atoms with Gasteiger partial charge in [-0.25, -0.2) is 9.97 Å². The number of rotatable bonds is 1. The van der Waals surface area contributed by atoms with E-state index in [1.165, 1.54) is 12.7 Å². The first-order valence-electron chi connectivity index (χ1n) is 5.76. The van der Waals surface area contributed by atoms with E-state index in [9.17, 15) is 4.79 Å². The van der Waals surface area contributed by atoms with Gasteiger partial charge in [0.25, 0.3) is 5.56 Å². The van der Waals surface area contributed by atoms with E-state index in [0.717, 1.165) is 12.1 Å². The fourth-order valence-electron chi connectivity index (χ4n) is 1.31. The summed E-state index contributed by atoms with van der Waals surface area (Å²) in [5, 5.41) is 0. The monoisotopic (exact) mass is 234 g/mol. The van der Waals surface area contributed by atoms with Crippen molar-refractivity contribution in [3.05, 3.63) is 28.4 Å². The number of H-pyrrole nitrogens is 1. The number of anilines is 1. The van der Waals surface area contributed by atoms with Gasteiger partial charge < -0.3 is 10.7 Å². The minimum absolute atomic E-state index is 0.253. The number of hydrogen-bond donors (Lipinski definition) is 2. The Kier molecular flexibility index (Phi) is 4.63. The number of nitrogens with two attached hydrogens (primary N) is 1. The van der Waals surface area contributed by atoms with Crippen molar-refractivity contribution < 1.29 is 0 Å². The lowest BCUT2D eigenvalue weighted by Crippen LogP contribution is -2.10. The van der Waals surface area contributed by atoms with Crippen LogP contribution in [-0.4, -0.2) is 15.0 Å². The minimum atomic E-state index is -0.253. The van der Waals surface area contributed by atoms with Crippen molar-refractivity contribution in [3.63, 3.8) is 0 Å². The summed E-state index contributed by atoms with van der Waals surface area (Å²) in [6.45, 7) is 6.21. The predicted octanol–water partition coefficient (Wildman–Crippen LogP) is 1.88. The van der Waals surface area contributed by atoms with Gasteiger partial charge >= 0.3 is 0 Å². The van der Waals surface area contributed by atoms with Gasteiger partial charge in [-0.15, -0.1) is 0 Å². The molecule has 3 N–H and O–H groups in total. The molecule has 0 aromatic carbocycles. The topological polar surface area (TPSA) is 84.7 Å². The zero-order valence-electron chi connectivity index (χ0n) is 10.4. The quantitative estimate of drug-likeness (QED) is 0.789. The molecule has 0 aliphatic heterocycles.